The summed E-state index contributed by atoms with van der Waals surface area (Å²) in [6, 6.07) is 3.46. The molecule has 1 aliphatic rings. The quantitative estimate of drug-likeness (QED) is 0.654. The van der Waals surface area contributed by atoms with Gasteiger partial charge in [-0.15, -0.1) is 0 Å². The molecule has 3 heteroatoms. The van der Waals surface area contributed by atoms with Crippen molar-refractivity contribution in [3.8, 4) is 5.75 Å². The van der Waals surface area contributed by atoms with Crippen LogP contribution in [-0.4, -0.2) is 5.60 Å². The highest BCUT2D eigenvalue weighted by Crippen LogP contribution is 2.37. The van der Waals surface area contributed by atoms with Crippen molar-refractivity contribution in [3.05, 3.63) is 39.9 Å². The van der Waals surface area contributed by atoms with E-state index in [-0.39, 0.29) is 5.60 Å². The molecule has 0 aromatic heterocycles. The minimum atomic E-state index is -0.357. The summed E-state index contributed by atoms with van der Waals surface area (Å²) >= 11 is 11.9. The van der Waals surface area contributed by atoms with Gasteiger partial charge in [-0.25, -0.2) is 0 Å². The Balaban J connectivity index is 2.56. The third kappa shape index (κ3) is 1.75. The van der Waals surface area contributed by atoms with Crippen molar-refractivity contribution in [3.63, 3.8) is 0 Å². The maximum Gasteiger partial charge on any atom is 0.147 e. The molecule has 0 N–H and O–H groups in total. The topological polar surface area (TPSA) is 9.23 Å². The molecule has 1 nitrogen and oxygen atoms in total. The second-order valence-electron chi connectivity index (χ2n) is 3.76. The van der Waals surface area contributed by atoms with E-state index in [1.54, 1.807) is 12.1 Å². The predicted octanol–water partition coefficient (Wildman–Crippen LogP) is 3.87. The highest BCUT2D eigenvalue weighted by Gasteiger charge is 2.24. The summed E-state index contributed by atoms with van der Waals surface area (Å²) in [6.45, 7) is 3.90. The lowest BCUT2D eigenvalue weighted by atomic mass is 10.0. The summed E-state index contributed by atoms with van der Waals surface area (Å²) in [6.07, 6.45) is 4.98. The van der Waals surface area contributed by atoms with Crippen molar-refractivity contribution in [1.82, 2.24) is 0 Å². The van der Waals surface area contributed by atoms with E-state index in [1.165, 1.54) is 0 Å². The molecule has 0 unspecified atom stereocenters. The van der Waals surface area contributed by atoms with Gasteiger partial charge in [0.15, 0.2) is 0 Å². The molecule has 0 spiro atoms. The first-order chi connectivity index (χ1) is 6.48. The lowest BCUT2D eigenvalue weighted by molar-refractivity contribution is 0.156. The zero-order valence-electron chi connectivity index (χ0n) is 7.90. The van der Waals surface area contributed by atoms with Crippen LogP contribution in [0.1, 0.15) is 19.4 Å². The van der Waals surface area contributed by atoms with E-state index in [0.717, 1.165) is 5.56 Å². The summed E-state index contributed by atoms with van der Waals surface area (Å²) in [5, 5.41) is 1.12. The highest BCUT2D eigenvalue weighted by atomic mass is 35.5. The van der Waals surface area contributed by atoms with Gasteiger partial charge in [0, 0.05) is 10.6 Å². The Bertz CT molecular complexity index is 408. The molecule has 0 atom stereocenters. The first-order valence-electron chi connectivity index (χ1n) is 4.27. The van der Waals surface area contributed by atoms with Crippen LogP contribution in [0, 0.1) is 6.08 Å². The number of hydrogen-bond acceptors (Lipinski definition) is 1. The van der Waals surface area contributed by atoms with Gasteiger partial charge in [-0.05, 0) is 38.1 Å². The van der Waals surface area contributed by atoms with Crippen LogP contribution in [0.2, 0.25) is 10.0 Å². The Hall–Kier alpha value is -0.660. The van der Waals surface area contributed by atoms with Gasteiger partial charge in [0.25, 0.3) is 0 Å². The Morgan fingerprint density at radius 1 is 1.29 bits per heavy atom. The molecule has 2 rings (SSSR count). The van der Waals surface area contributed by atoms with Crippen molar-refractivity contribution in [2.24, 2.45) is 0 Å². The van der Waals surface area contributed by atoms with Crippen LogP contribution in [0.15, 0.2) is 18.2 Å². The molecule has 0 saturated heterocycles. The van der Waals surface area contributed by atoms with Crippen molar-refractivity contribution in [2.75, 3.05) is 0 Å². The first kappa shape index (κ1) is 9.88. The van der Waals surface area contributed by atoms with Crippen LogP contribution in [0.25, 0.3) is 0 Å². The van der Waals surface area contributed by atoms with Gasteiger partial charge in [-0.3, -0.25) is 0 Å². The highest BCUT2D eigenvalue weighted by molar-refractivity contribution is 6.35. The molecule has 1 aliphatic heterocycles. The molecule has 0 saturated carbocycles. The van der Waals surface area contributed by atoms with Gasteiger partial charge in [0.05, 0.1) is 5.02 Å². The molecule has 0 bridgehead atoms. The first-order valence-corrected chi connectivity index (χ1v) is 5.02. The maximum atomic E-state index is 6.01. The maximum absolute atomic E-state index is 6.01. The van der Waals surface area contributed by atoms with Gasteiger partial charge in [-0.2, -0.15) is 0 Å². The summed E-state index contributed by atoms with van der Waals surface area (Å²) in [5.74, 6) is 0.656. The number of ether oxygens (including phenoxy) is 1. The van der Waals surface area contributed by atoms with E-state index >= 15 is 0 Å². The van der Waals surface area contributed by atoms with Gasteiger partial charge < -0.3 is 4.74 Å². The minimum absolute atomic E-state index is 0.357. The van der Waals surface area contributed by atoms with Crippen molar-refractivity contribution >= 4 is 23.2 Å². The van der Waals surface area contributed by atoms with Gasteiger partial charge in [-0.1, -0.05) is 23.2 Å². The SMILES string of the molecule is CC1(C)C=[C]c2cc(Cl)cc(Cl)c2O1. The lowest BCUT2D eigenvalue weighted by Crippen LogP contribution is -2.28. The van der Waals surface area contributed by atoms with Crippen molar-refractivity contribution in [1.29, 1.82) is 0 Å². The fourth-order valence-corrected chi connectivity index (χ4v) is 1.85. The van der Waals surface area contributed by atoms with E-state index in [0.29, 0.717) is 15.8 Å². The standard InChI is InChI=1S/C11H9Cl2O/c1-11(2)4-3-7-5-8(12)6-9(13)10(7)14-11/h4-6H,1-2H3. The monoisotopic (exact) mass is 227 g/mol. The molecule has 1 heterocycles. The Morgan fingerprint density at radius 2 is 2.00 bits per heavy atom. The molecule has 73 valence electrons. The molecule has 14 heavy (non-hydrogen) atoms. The van der Waals surface area contributed by atoms with Gasteiger partial charge >= 0.3 is 0 Å². The number of hydrogen-bond donors (Lipinski definition) is 0. The Morgan fingerprint density at radius 3 is 2.71 bits per heavy atom. The summed E-state index contributed by atoms with van der Waals surface area (Å²) < 4.78 is 5.70. The second-order valence-corrected chi connectivity index (χ2v) is 4.60. The van der Waals surface area contributed by atoms with E-state index in [2.05, 4.69) is 6.08 Å². The van der Waals surface area contributed by atoms with E-state index in [4.69, 9.17) is 27.9 Å². The molecular formula is C11H9Cl2O. The largest absolute Gasteiger partial charge is 0.482 e. The third-order valence-corrected chi connectivity index (χ3v) is 2.45. The third-order valence-electron chi connectivity index (χ3n) is 1.95. The molecular weight excluding hydrogens is 219 g/mol. The average Bonchev–Trinajstić information content (AvgIpc) is 2.06. The van der Waals surface area contributed by atoms with E-state index < -0.39 is 0 Å². The molecule has 0 fully saturated rings. The summed E-state index contributed by atoms with van der Waals surface area (Å²) in [5.41, 5.74) is 0.451. The summed E-state index contributed by atoms with van der Waals surface area (Å²) in [7, 11) is 0. The fraction of sp³-hybridized carbons (Fsp3) is 0.273. The zero-order chi connectivity index (χ0) is 10.3. The Kier molecular flexibility index (Phi) is 2.24. The van der Waals surface area contributed by atoms with Gasteiger partial charge in [0.1, 0.15) is 11.4 Å². The van der Waals surface area contributed by atoms with Crippen molar-refractivity contribution < 1.29 is 4.74 Å². The fourth-order valence-electron chi connectivity index (χ4n) is 1.32. The smallest absolute Gasteiger partial charge is 0.147 e. The van der Waals surface area contributed by atoms with Crippen LogP contribution in [-0.2, 0) is 0 Å². The molecule has 1 aromatic carbocycles. The van der Waals surface area contributed by atoms with Crippen LogP contribution in [0.4, 0.5) is 0 Å². The molecule has 0 aliphatic carbocycles. The van der Waals surface area contributed by atoms with E-state index in [9.17, 15) is 0 Å². The number of benzene rings is 1. The predicted molar refractivity (Wildman–Crippen MR) is 58.1 cm³/mol. The molecule has 1 aromatic rings. The normalized spacial score (nSPS) is 17.4. The molecule has 0 amide bonds. The van der Waals surface area contributed by atoms with Crippen LogP contribution in [0.5, 0.6) is 5.75 Å². The van der Waals surface area contributed by atoms with E-state index in [1.807, 2.05) is 19.9 Å². The molecule has 1 radical (unpaired) electrons. The lowest BCUT2D eigenvalue weighted by Gasteiger charge is -2.28. The van der Waals surface area contributed by atoms with Crippen LogP contribution >= 0.6 is 23.2 Å². The zero-order valence-corrected chi connectivity index (χ0v) is 9.41. The van der Waals surface area contributed by atoms with Crippen LogP contribution in [0.3, 0.4) is 0 Å². The Labute approximate surface area is 93.3 Å². The second kappa shape index (κ2) is 3.18. The van der Waals surface area contributed by atoms with Gasteiger partial charge in [0.2, 0.25) is 0 Å². The number of fused-ring (bicyclic) bond motifs is 1. The average molecular weight is 228 g/mol. The van der Waals surface area contributed by atoms with Crippen LogP contribution < -0.4 is 4.74 Å². The number of halogens is 2. The van der Waals surface area contributed by atoms with Crippen molar-refractivity contribution in [2.45, 2.75) is 19.4 Å². The minimum Gasteiger partial charge on any atom is -0.482 e. The summed E-state index contributed by atoms with van der Waals surface area (Å²) in [4.78, 5) is 0. The number of rotatable bonds is 0.